The van der Waals surface area contributed by atoms with E-state index < -0.39 is 17.8 Å². The lowest BCUT2D eigenvalue weighted by Crippen LogP contribution is -2.45. The Labute approximate surface area is 117 Å². The van der Waals surface area contributed by atoms with Gasteiger partial charge in [-0.1, -0.05) is 30.3 Å². The molecule has 0 radical (unpaired) electrons. The van der Waals surface area contributed by atoms with Crippen molar-refractivity contribution >= 4 is 6.09 Å². The fourth-order valence-corrected chi connectivity index (χ4v) is 3.25. The molecular weight excluding hydrogens is 259 g/mol. The number of carbonyl (C=O) groups is 1. The van der Waals surface area contributed by atoms with E-state index in [9.17, 15) is 9.18 Å². The van der Waals surface area contributed by atoms with Gasteiger partial charge in [0.25, 0.3) is 0 Å². The van der Waals surface area contributed by atoms with Crippen LogP contribution in [0.15, 0.2) is 30.3 Å². The van der Waals surface area contributed by atoms with E-state index in [1.54, 1.807) is 4.90 Å². The monoisotopic (exact) mass is 278 g/mol. The van der Waals surface area contributed by atoms with Crippen LogP contribution in [0.25, 0.3) is 0 Å². The second kappa shape index (κ2) is 5.05. The normalized spacial score (nSPS) is 32.2. The third-order valence-electron chi connectivity index (χ3n) is 4.43. The molecule has 1 heterocycles. The maximum Gasteiger partial charge on any atom is 0.410 e. The zero-order valence-corrected chi connectivity index (χ0v) is 11.3. The number of fused-ring (bicyclic) bond motifs is 1. The summed E-state index contributed by atoms with van der Waals surface area (Å²) in [7, 11) is 0. The van der Waals surface area contributed by atoms with Gasteiger partial charge in [-0.2, -0.15) is 0 Å². The highest BCUT2D eigenvalue weighted by Gasteiger charge is 2.53. The molecule has 1 saturated carbocycles. The minimum atomic E-state index is -0.896. The molecule has 1 amide bonds. The number of alkyl halides is 1. The second-order valence-electron chi connectivity index (χ2n) is 5.82. The summed E-state index contributed by atoms with van der Waals surface area (Å²) in [5.74, 6) is -0.244. The Morgan fingerprint density at radius 2 is 2.20 bits per heavy atom. The minimum absolute atomic E-state index is 0.234. The number of nitrogens with zero attached hydrogens (tertiary/aromatic N) is 1. The van der Waals surface area contributed by atoms with Gasteiger partial charge in [-0.3, -0.25) is 0 Å². The van der Waals surface area contributed by atoms with Crippen molar-refractivity contribution < 1.29 is 13.9 Å². The number of likely N-dealkylation sites (tertiary alicyclic amines) is 1. The lowest BCUT2D eigenvalue weighted by molar-refractivity contribution is 0.0994. The maximum absolute atomic E-state index is 13.8. The van der Waals surface area contributed by atoms with Gasteiger partial charge in [-0.25, -0.2) is 9.18 Å². The molecule has 1 aromatic carbocycles. The lowest BCUT2D eigenvalue weighted by atomic mass is 9.92. The third-order valence-corrected chi connectivity index (χ3v) is 4.43. The van der Waals surface area contributed by atoms with Crippen LogP contribution >= 0.6 is 0 Å². The molecule has 1 saturated heterocycles. The summed E-state index contributed by atoms with van der Waals surface area (Å²) in [6.07, 6.45) is -0.151. The van der Waals surface area contributed by atoms with Crippen LogP contribution in [0.1, 0.15) is 18.4 Å². The van der Waals surface area contributed by atoms with E-state index in [0.29, 0.717) is 25.9 Å². The van der Waals surface area contributed by atoms with E-state index in [4.69, 9.17) is 10.5 Å². The van der Waals surface area contributed by atoms with Crippen LogP contribution in [-0.2, 0) is 11.3 Å². The van der Waals surface area contributed by atoms with Gasteiger partial charge in [0.2, 0.25) is 0 Å². The highest BCUT2D eigenvalue weighted by molar-refractivity contribution is 5.68. The molecule has 2 aliphatic rings. The average Bonchev–Trinajstić information content (AvgIpc) is 2.94. The van der Waals surface area contributed by atoms with Crippen LogP contribution < -0.4 is 5.73 Å². The largest absolute Gasteiger partial charge is 0.445 e. The number of nitrogens with two attached hydrogens (primary N) is 1. The molecule has 2 N–H and O–H groups in total. The quantitative estimate of drug-likeness (QED) is 0.901. The van der Waals surface area contributed by atoms with Crippen molar-refractivity contribution in [2.75, 3.05) is 13.1 Å². The minimum Gasteiger partial charge on any atom is -0.445 e. The molecule has 3 rings (SSSR count). The van der Waals surface area contributed by atoms with E-state index in [2.05, 4.69) is 0 Å². The Morgan fingerprint density at radius 3 is 2.90 bits per heavy atom. The standard InChI is InChI=1S/C15H19FN2O2/c16-13-6-7-15(17)10-18(8-12(13)15)14(19)20-9-11-4-2-1-3-5-11/h1-5,12-13H,6-10,17H2/t12-,13+,15+/m0/s1. The molecule has 0 aromatic heterocycles. The summed E-state index contributed by atoms with van der Waals surface area (Å²) in [6.45, 7) is 0.995. The molecule has 0 unspecified atom stereocenters. The molecule has 1 aromatic rings. The smallest absolute Gasteiger partial charge is 0.410 e. The van der Waals surface area contributed by atoms with E-state index in [-0.39, 0.29) is 12.5 Å². The SMILES string of the molecule is N[C@@]12CC[C@@H](F)[C@@H]1CN(C(=O)OCc1ccccc1)C2. The predicted molar refractivity (Wildman–Crippen MR) is 72.7 cm³/mol. The number of hydrogen-bond donors (Lipinski definition) is 1. The number of rotatable bonds is 2. The number of benzene rings is 1. The number of ether oxygens (including phenoxy) is 1. The maximum atomic E-state index is 13.8. The topological polar surface area (TPSA) is 55.6 Å². The van der Waals surface area contributed by atoms with Crippen LogP contribution in [0.5, 0.6) is 0 Å². The van der Waals surface area contributed by atoms with Crippen LogP contribution in [0.4, 0.5) is 9.18 Å². The highest BCUT2D eigenvalue weighted by Crippen LogP contribution is 2.41. The molecule has 3 atom stereocenters. The number of halogens is 1. The van der Waals surface area contributed by atoms with Crippen molar-refractivity contribution in [1.29, 1.82) is 0 Å². The number of hydrogen-bond acceptors (Lipinski definition) is 3. The Kier molecular flexibility index (Phi) is 3.38. The van der Waals surface area contributed by atoms with Crippen molar-refractivity contribution in [3.63, 3.8) is 0 Å². The summed E-state index contributed by atoms with van der Waals surface area (Å²) in [6, 6.07) is 9.49. The van der Waals surface area contributed by atoms with Crippen molar-refractivity contribution in [2.24, 2.45) is 11.7 Å². The van der Waals surface area contributed by atoms with E-state index in [0.717, 1.165) is 5.56 Å². The third kappa shape index (κ3) is 2.38. The van der Waals surface area contributed by atoms with Gasteiger partial charge in [0.15, 0.2) is 0 Å². The lowest BCUT2D eigenvalue weighted by Gasteiger charge is -2.22. The van der Waals surface area contributed by atoms with Gasteiger partial charge in [0, 0.05) is 24.5 Å². The first-order chi connectivity index (χ1) is 9.58. The number of carbonyl (C=O) groups excluding carboxylic acids is 1. The summed E-state index contributed by atoms with van der Waals surface area (Å²) < 4.78 is 19.0. The fourth-order valence-electron chi connectivity index (χ4n) is 3.25. The first kappa shape index (κ1) is 13.4. The zero-order chi connectivity index (χ0) is 14.2. The van der Waals surface area contributed by atoms with E-state index in [1.807, 2.05) is 30.3 Å². The molecule has 0 spiro atoms. The Hall–Kier alpha value is -1.62. The van der Waals surface area contributed by atoms with E-state index in [1.165, 1.54) is 0 Å². The fraction of sp³-hybridized carbons (Fsp3) is 0.533. The Bertz CT molecular complexity index is 496. The van der Waals surface area contributed by atoms with Gasteiger partial charge in [0.05, 0.1) is 0 Å². The van der Waals surface area contributed by atoms with Crippen molar-refractivity contribution in [1.82, 2.24) is 4.90 Å². The average molecular weight is 278 g/mol. The Morgan fingerprint density at radius 1 is 1.45 bits per heavy atom. The zero-order valence-electron chi connectivity index (χ0n) is 11.3. The van der Waals surface area contributed by atoms with Crippen molar-refractivity contribution in [3.05, 3.63) is 35.9 Å². The first-order valence-electron chi connectivity index (χ1n) is 6.97. The summed E-state index contributed by atoms with van der Waals surface area (Å²) in [5.41, 5.74) is 6.57. The molecule has 108 valence electrons. The molecule has 20 heavy (non-hydrogen) atoms. The molecule has 1 aliphatic heterocycles. The molecule has 5 heteroatoms. The van der Waals surface area contributed by atoms with Crippen LogP contribution in [0.3, 0.4) is 0 Å². The summed E-state index contributed by atoms with van der Waals surface area (Å²) in [4.78, 5) is 13.6. The van der Waals surface area contributed by atoms with Gasteiger partial charge in [-0.05, 0) is 18.4 Å². The van der Waals surface area contributed by atoms with Gasteiger partial charge < -0.3 is 15.4 Å². The number of amides is 1. The van der Waals surface area contributed by atoms with E-state index >= 15 is 0 Å². The highest BCUT2D eigenvalue weighted by atomic mass is 19.1. The van der Waals surface area contributed by atoms with Gasteiger partial charge in [0.1, 0.15) is 12.8 Å². The molecular formula is C15H19FN2O2. The second-order valence-corrected chi connectivity index (χ2v) is 5.82. The van der Waals surface area contributed by atoms with Gasteiger partial charge >= 0.3 is 6.09 Å². The van der Waals surface area contributed by atoms with Gasteiger partial charge in [-0.15, -0.1) is 0 Å². The summed E-state index contributed by atoms with van der Waals surface area (Å²) in [5, 5.41) is 0. The summed E-state index contributed by atoms with van der Waals surface area (Å²) >= 11 is 0. The first-order valence-corrected chi connectivity index (χ1v) is 6.97. The molecule has 4 nitrogen and oxygen atoms in total. The molecule has 0 bridgehead atoms. The van der Waals surface area contributed by atoms with Crippen LogP contribution in [0, 0.1) is 5.92 Å². The predicted octanol–water partition coefficient (Wildman–Crippen LogP) is 2.08. The Balaban J connectivity index is 1.57. The molecule has 1 aliphatic carbocycles. The van der Waals surface area contributed by atoms with Crippen molar-refractivity contribution in [3.8, 4) is 0 Å². The van der Waals surface area contributed by atoms with Crippen molar-refractivity contribution in [2.45, 2.75) is 31.2 Å². The van der Waals surface area contributed by atoms with Crippen LogP contribution in [-0.4, -0.2) is 35.8 Å². The molecule has 2 fully saturated rings. The van der Waals surface area contributed by atoms with Crippen LogP contribution in [0.2, 0.25) is 0 Å².